The van der Waals surface area contributed by atoms with Gasteiger partial charge in [-0.2, -0.15) is 0 Å². The Balaban J connectivity index is 1.66. The minimum Gasteiger partial charge on any atom is -0.534 e. The van der Waals surface area contributed by atoms with Crippen LogP contribution in [0.2, 0.25) is 5.04 Å². The summed E-state index contributed by atoms with van der Waals surface area (Å²) >= 11 is 0. The summed E-state index contributed by atoms with van der Waals surface area (Å²) in [7, 11) is -2.76. The number of rotatable bonds is 9. The molecule has 0 amide bonds. The summed E-state index contributed by atoms with van der Waals surface area (Å²) in [6.07, 6.45) is 0.478. The van der Waals surface area contributed by atoms with E-state index in [1.54, 1.807) is 6.92 Å². The SMILES string of the molecule is CC(=O)c1ccccc1CC[C@@H](O)c1cccc(O[Si](c2ccccc2)(c2ccccc2)C(C)(C)C)c1. The molecule has 0 unspecified atom stereocenters. The van der Waals surface area contributed by atoms with Gasteiger partial charge in [0.05, 0.1) is 6.10 Å². The van der Waals surface area contributed by atoms with E-state index in [9.17, 15) is 9.90 Å². The van der Waals surface area contributed by atoms with Crippen molar-refractivity contribution < 1.29 is 14.3 Å². The zero-order valence-electron chi connectivity index (χ0n) is 22.1. The monoisotopic (exact) mass is 508 g/mol. The Morgan fingerprint density at radius 2 is 1.38 bits per heavy atom. The van der Waals surface area contributed by atoms with Crippen LogP contribution < -0.4 is 14.8 Å². The molecule has 0 aromatic heterocycles. The molecule has 0 saturated heterocycles. The third-order valence-corrected chi connectivity index (χ3v) is 12.0. The third-order valence-electron chi connectivity index (χ3n) is 7.01. The quantitative estimate of drug-likeness (QED) is 0.207. The number of Topliss-reactive ketones (excluding diaryl/α,β-unsaturated/α-hetero) is 1. The minimum absolute atomic E-state index is 0.0470. The molecule has 0 aliphatic rings. The highest BCUT2D eigenvalue weighted by molar-refractivity contribution is 7.00. The van der Waals surface area contributed by atoms with Crippen molar-refractivity contribution in [3.8, 4) is 5.75 Å². The summed E-state index contributed by atoms with van der Waals surface area (Å²) in [5.41, 5.74) is 2.50. The van der Waals surface area contributed by atoms with Crippen molar-refractivity contribution in [2.45, 2.75) is 51.7 Å². The van der Waals surface area contributed by atoms with Gasteiger partial charge in [-0.3, -0.25) is 4.79 Å². The van der Waals surface area contributed by atoms with Crippen molar-refractivity contribution in [3.63, 3.8) is 0 Å². The van der Waals surface area contributed by atoms with E-state index in [0.717, 1.165) is 22.4 Å². The Labute approximate surface area is 221 Å². The summed E-state index contributed by atoms with van der Waals surface area (Å²) in [6.45, 7) is 8.35. The zero-order valence-corrected chi connectivity index (χ0v) is 23.1. The molecule has 0 fully saturated rings. The van der Waals surface area contributed by atoms with E-state index < -0.39 is 14.4 Å². The summed E-state index contributed by atoms with van der Waals surface area (Å²) in [6, 6.07) is 36.6. The Bertz CT molecular complexity index is 1290. The molecule has 190 valence electrons. The van der Waals surface area contributed by atoms with E-state index in [2.05, 4.69) is 69.3 Å². The van der Waals surface area contributed by atoms with Crippen LogP contribution in [0.25, 0.3) is 0 Å². The molecule has 0 spiro atoms. The molecular weight excluding hydrogens is 472 g/mol. The van der Waals surface area contributed by atoms with E-state index in [4.69, 9.17) is 4.43 Å². The van der Waals surface area contributed by atoms with Gasteiger partial charge < -0.3 is 9.53 Å². The van der Waals surface area contributed by atoms with Crippen LogP contribution in [-0.4, -0.2) is 19.2 Å². The lowest BCUT2D eigenvalue weighted by Crippen LogP contribution is -2.68. The highest BCUT2D eigenvalue weighted by Gasteiger charge is 2.52. The first kappa shape index (κ1) is 26.6. The maximum atomic E-state index is 12.0. The first-order valence-corrected chi connectivity index (χ1v) is 14.8. The van der Waals surface area contributed by atoms with Crippen LogP contribution in [0.1, 0.15) is 61.7 Å². The topological polar surface area (TPSA) is 46.5 Å². The van der Waals surface area contributed by atoms with Gasteiger partial charge in [-0.15, -0.1) is 0 Å². The molecule has 3 nitrogen and oxygen atoms in total. The molecule has 0 aliphatic carbocycles. The fourth-order valence-electron chi connectivity index (χ4n) is 5.15. The van der Waals surface area contributed by atoms with E-state index in [-0.39, 0.29) is 10.8 Å². The van der Waals surface area contributed by atoms with Crippen molar-refractivity contribution >= 4 is 24.5 Å². The van der Waals surface area contributed by atoms with Crippen LogP contribution in [0.4, 0.5) is 0 Å². The summed E-state index contributed by atoms with van der Waals surface area (Å²) in [4.78, 5) is 12.0. The molecule has 4 heteroatoms. The number of aryl methyl sites for hydroxylation is 1. The number of hydrogen-bond acceptors (Lipinski definition) is 3. The fourth-order valence-corrected chi connectivity index (χ4v) is 9.56. The first-order valence-electron chi connectivity index (χ1n) is 12.9. The van der Waals surface area contributed by atoms with Crippen molar-refractivity contribution in [2.75, 3.05) is 0 Å². The van der Waals surface area contributed by atoms with Crippen molar-refractivity contribution in [1.29, 1.82) is 0 Å². The van der Waals surface area contributed by atoms with Crippen LogP contribution >= 0.6 is 0 Å². The van der Waals surface area contributed by atoms with Gasteiger partial charge in [-0.05, 0) is 58.4 Å². The molecule has 0 heterocycles. The molecule has 37 heavy (non-hydrogen) atoms. The van der Waals surface area contributed by atoms with Crippen molar-refractivity contribution in [1.82, 2.24) is 0 Å². The van der Waals surface area contributed by atoms with Gasteiger partial charge in [0.25, 0.3) is 0 Å². The van der Waals surface area contributed by atoms with E-state index >= 15 is 0 Å². The van der Waals surface area contributed by atoms with Crippen LogP contribution in [0.15, 0.2) is 109 Å². The molecule has 0 radical (unpaired) electrons. The van der Waals surface area contributed by atoms with Gasteiger partial charge in [0.1, 0.15) is 5.75 Å². The lowest BCUT2D eigenvalue weighted by Gasteiger charge is -2.43. The molecule has 4 aromatic carbocycles. The predicted octanol–water partition coefficient (Wildman–Crippen LogP) is 6.49. The average molecular weight is 509 g/mol. The number of aliphatic hydroxyl groups excluding tert-OH is 1. The zero-order chi connectivity index (χ0) is 26.5. The molecule has 4 aromatic rings. The van der Waals surface area contributed by atoms with Crippen molar-refractivity contribution in [2.24, 2.45) is 0 Å². The van der Waals surface area contributed by atoms with Gasteiger partial charge >= 0.3 is 8.32 Å². The van der Waals surface area contributed by atoms with Crippen molar-refractivity contribution in [3.05, 3.63) is 126 Å². The number of ketones is 1. The normalized spacial score (nSPS) is 12.7. The Morgan fingerprint density at radius 1 is 0.811 bits per heavy atom. The Hall–Kier alpha value is -3.47. The standard InChI is InChI=1S/C33H36O3Si/c1-25(34)31-21-12-11-14-26(31)22-23-32(35)27-15-13-16-28(24-27)36-37(33(2,3)4,29-17-7-5-8-18-29)30-19-9-6-10-20-30/h5-21,24,32,35H,22-23H2,1-4H3/t32-/m1/s1. The van der Waals surface area contributed by atoms with Gasteiger partial charge in [0, 0.05) is 5.56 Å². The molecule has 4 rings (SSSR count). The van der Waals surface area contributed by atoms with E-state index in [1.165, 1.54) is 10.4 Å². The minimum atomic E-state index is -2.76. The Morgan fingerprint density at radius 3 is 1.95 bits per heavy atom. The number of aliphatic hydroxyl groups is 1. The van der Waals surface area contributed by atoms with E-state index in [0.29, 0.717) is 12.8 Å². The average Bonchev–Trinajstić information content (AvgIpc) is 2.91. The Kier molecular flexibility index (Phi) is 8.11. The molecular formula is C33H36O3Si. The van der Waals surface area contributed by atoms with Gasteiger partial charge in [0.2, 0.25) is 0 Å². The highest BCUT2D eigenvalue weighted by Crippen LogP contribution is 2.38. The van der Waals surface area contributed by atoms with Crippen LogP contribution in [0.5, 0.6) is 5.75 Å². The summed E-state index contributed by atoms with van der Waals surface area (Å²) in [5.74, 6) is 0.806. The molecule has 1 atom stereocenters. The number of benzene rings is 4. The predicted molar refractivity (Wildman–Crippen MR) is 154 cm³/mol. The van der Waals surface area contributed by atoms with Gasteiger partial charge in [0.15, 0.2) is 5.78 Å². The number of carbonyl (C=O) groups excluding carboxylic acids is 1. The number of hydrogen-bond donors (Lipinski definition) is 1. The lowest BCUT2D eigenvalue weighted by atomic mass is 9.96. The maximum Gasteiger partial charge on any atom is 0.319 e. The second-order valence-electron chi connectivity index (χ2n) is 10.6. The molecule has 1 N–H and O–H groups in total. The second kappa shape index (κ2) is 11.3. The molecule has 0 saturated carbocycles. The fraction of sp³-hybridized carbons (Fsp3) is 0.242. The van der Waals surface area contributed by atoms with Crippen LogP contribution in [0.3, 0.4) is 0 Å². The summed E-state index contributed by atoms with van der Waals surface area (Å²) in [5, 5.41) is 13.4. The second-order valence-corrected chi connectivity index (χ2v) is 14.8. The third kappa shape index (κ3) is 5.76. The molecule has 0 bridgehead atoms. The van der Waals surface area contributed by atoms with E-state index in [1.807, 2.05) is 60.7 Å². The molecule has 0 aliphatic heterocycles. The summed E-state index contributed by atoms with van der Waals surface area (Å²) < 4.78 is 7.13. The largest absolute Gasteiger partial charge is 0.534 e. The van der Waals surface area contributed by atoms with Crippen LogP contribution in [-0.2, 0) is 6.42 Å². The lowest BCUT2D eigenvalue weighted by molar-refractivity contribution is 0.101. The smallest absolute Gasteiger partial charge is 0.319 e. The number of carbonyl (C=O) groups is 1. The highest BCUT2D eigenvalue weighted by atomic mass is 28.4. The van der Waals surface area contributed by atoms with Gasteiger partial charge in [-0.25, -0.2) is 0 Å². The first-order chi connectivity index (χ1) is 17.7. The van der Waals surface area contributed by atoms with Crippen LogP contribution in [0, 0.1) is 0 Å². The van der Waals surface area contributed by atoms with Gasteiger partial charge in [-0.1, -0.05) is 118 Å². The maximum absolute atomic E-state index is 12.0.